The summed E-state index contributed by atoms with van der Waals surface area (Å²) in [6.07, 6.45) is 13.0. The number of thiophene rings is 1. The molecule has 28 heavy (non-hydrogen) atoms. The van der Waals surface area contributed by atoms with Gasteiger partial charge in [0, 0.05) is 10.9 Å². The van der Waals surface area contributed by atoms with E-state index >= 15 is 0 Å². The van der Waals surface area contributed by atoms with Gasteiger partial charge in [-0.1, -0.05) is 33.6 Å². The highest BCUT2D eigenvalue weighted by Gasteiger charge is 2.28. The number of nitrogens with zero attached hydrogens (tertiary/aromatic N) is 3. The highest BCUT2D eigenvalue weighted by atomic mass is 32.1. The van der Waals surface area contributed by atoms with Gasteiger partial charge in [-0.25, -0.2) is 9.97 Å². The Bertz CT molecular complexity index is 750. The highest BCUT2D eigenvalue weighted by molar-refractivity contribution is 7.18. The van der Waals surface area contributed by atoms with Crippen LogP contribution in [0.3, 0.4) is 0 Å². The second-order valence-corrected chi connectivity index (χ2v) is 9.36. The summed E-state index contributed by atoms with van der Waals surface area (Å²) in [7, 11) is 4.37. The monoisotopic (exact) mass is 403 g/mol. The van der Waals surface area contributed by atoms with E-state index in [1.165, 1.54) is 60.8 Å². The molecule has 4 rings (SSSR count). The van der Waals surface area contributed by atoms with Gasteiger partial charge in [-0.2, -0.15) is 0 Å². The molecule has 2 aromatic heterocycles. The molecule has 2 heterocycles. The summed E-state index contributed by atoms with van der Waals surface area (Å²) in [5.41, 5.74) is 1.49. The lowest BCUT2D eigenvalue weighted by Gasteiger charge is -2.32. The molecule has 0 bridgehead atoms. The quantitative estimate of drug-likeness (QED) is 0.625. The summed E-state index contributed by atoms with van der Waals surface area (Å²) in [4.78, 5) is 14.1. The van der Waals surface area contributed by atoms with Crippen LogP contribution in [0.2, 0.25) is 0 Å². The van der Waals surface area contributed by atoms with Gasteiger partial charge >= 0.3 is 0 Å². The van der Waals surface area contributed by atoms with Crippen molar-refractivity contribution in [3.63, 3.8) is 0 Å². The van der Waals surface area contributed by atoms with E-state index in [1.54, 1.807) is 6.33 Å². The van der Waals surface area contributed by atoms with Crippen molar-refractivity contribution in [2.45, 2.75) is 90.7 Å². The van der Waals surface area contributed by atoms with Crippen LogP contribution in [0, 0.1) is 5.92 Å². The Morgan fingerprint density at radius 3 is 2.54 bits per heavy atom. The first-order chi connectivity index (χ1) is 13.7. The first-order valence-corrected chi connectivity index (χ1v) is 12.1. The molecule has 0 spiro atoms. The van der Waals surface area contributed by atoms with Gasteiger partial charge in [-0.15, -0.1) is 11.3 Å². The zero-order chi connectivity index (χ0) is 20.1. The van der Waals surface area contributed by atoms with Gasteiger partial charge in [0.25, 0.3) is 0 Å². The number of fused-ring (bicyclic) bond motifs is 3. The van der Waals surface area contributed by atoms with Crippen molar-refractivity contribution in [2.75, 3.05) is 14.1 Å². The Kier molecular flexibility index (Phi) is 7.69. The van der Waals surface area contributed by atoms with E-state index in [0.29, 0.717) is 12.1 Å². The molecule has 2 aromatic rings. The third kappa shape index (κ3) is 4.68. The minimum atomic E-state index is 0.301. The SMILES string of the molecule is CC.CCC[C@@H]1CCc2sc3ncnc(OC4CCC(N(C)C)CC4)c3c2C1. The van der Waals surface area contributed by atoms with E-state index in [1.807, 2.05) is 25.2 Å². The lowest BCUT2D eigenvalue weighted by atomic mass is 9.84. The summed E-state index contributed by atoms with van der Waals surface area (Å²) in [5, 5.41) is 1.23. The van der Waals surface area contributed by atoms with Gasteiger partial charge in [-0.3, -0.25) is 0 Å². The molecule has 1 fully saturated rings. The summed E-state index contributed by atoms with van der Waals surface area (Å²) < 4.78 is 6.45. The van der Waals surface area contributed by atoms with Gasteiger partial charge in [0.1, 0.15) is 17.3 Å². The number of ether oxygens (including phenoxy) is 1. The smallest absolute Gasteiger partial charge is 0.225 e. The van der Waals surface area contributed by atoms with Crippen LogP contribution in [0.25, 0.3) is 10.2 Å². The van der Waals surface area contributed by atoms with Gasteiger partial charge in [0.15, 0.2) is 0 Å². The van der Waals surface area contributed by atoms with Crippen LogP contribution in [-0.4, -0.2) is 41.1 Å². The predicted octanol–water partition coefficient (Wildman–Crippen LogP) is 5.87. The van der Waals surface area contributed by atoms with Crippen molar-refractivity contribution in [1.29, 1.82) is 0 Å². The first-order valence-electron chi connectivity index (χ1n) is 11.2. The van der Waals surface area contributed by atoms with Gasteiger partial charge in [0.2, 0.25) is 5.88 Å². The molecular formula is C23H37N3OS. The summed E-state index contributed by atoms with van der Waals surface area (Å²) >= 11 is 1.86. The van der Waals surface area contributed by atoms with Crippen LogP contribution in [0.5, 0.6) is 5.88 Å². The van der Waals surface area contributed by atoms with E-state index in [4.69, 9.17) is 4.74 Å². The average molecular weight is 404 g/mol. The molecule has 0 unspecified atom stereocenters. The Morgan fingerprint density at radius 1 is 1.11 bits per heavy atom. The van der Waals surface area contributed by atoms with Crippen LogP contribution < -0.4 is 4.74 Å². The molecule has 2 aliphatic carbocycles. The standard InChI is InChI=1S/C21H31N3OS.C2H6/c1-4-5-14-6-11-18-17(12-14)19-20(22-13-23-21(19)26-18)25-16-9-7-15(8-10-16)24(2)3;1-2/h13-16H,4-12H2,1-3H3;1-2H3/t14-,15?,16?;/m1./s1. The Morgan fingerprint density at radius 2 is 1.86 bits per heavy atom. The zero-order valence-electron chi connectivity index (χ0n) is 18.3. The summed E-state index contributed by atoms with van der Waals surface area (Å²) in [6.45, 7) is 6.29. The van der Waals surface area contributed by atoms with E-state index < -0.39 is 0 Å². The minimum Gasteiger partial charge on any atom is -0.474 e. The Balaban J connectivity index is 0.00000109. The maximum absolute atomic E-state index is 6.45. The van der Waals surface area contributed by atoms with Crippen molar-refractivity contribution in [3.8, 4) is 5.88 Å². The molecule has 0 radical (unpaired) electrons. The second kappa shape index (κ2) is 10.0. The van der Waals surface area contributed by atoms with Crippen LogP contribution in [0.15, 0.2) is 6.33 Å². The number of hydrogen-bond donors (Lipinski definition) is 0. The number of aryl methyl sites for hydroxylation is 1. The fourth-order valence-corrected chi connectivity index (χ4v) is 5.91. The lowest BCUT2D eigenvalue weighted by Crippen LogP contribution is -2.35. The van der Waals surface area contributed by atoms with Crippen molar-refractivity contribution in [3.05, 3.63) is 16.8 Å². The molecule has 0 aliphatic heterocycles. The molecule has 0 N–H and O–H groups in total. The van der Waals surface area contributed by atoms with Gasteiger partial charge in [0.05, 0.1) is 5.39 Å². The van der Waals surface area contributed by atoms with Crippen molar-refractivity contribution in [1.82, 2.24) is 14.9 Å². The zero-order valence-corrected chi connectivity index (χ0v) is 19.1. The topological polar surface area (TPSA) is 38.3 Å². The molecule has 0 saturated heterocycles. The third-order valence-electron chi connectivity index (χ3n) is 6.26. The van der Waals surface area contributed by atoms with Crippen LogP contribution >= 0.6 is 11.3 Å². The van der Waals surface area contributed by atoms with Gasteiger partial charge in [-0.05, 0) is 70.5 Å². The van der Waals surface area contributed by atoms with E-state index in [0.717, 1.165) is 29.5 Å². The molecule has 1 atom stereocenters. The molecule has 0 aromatic carbocycles. The number of aromatic nitrogens is 2. The Hall–Kier alpha value is -1.20. The van der Waals surface area contributed by atoms with Crippen molar-refractivity contribution in [2.24, 2.45) is 5.92 Å². The number of hydrogen-bond acceptors (Lipinski definition) is 5. The summed E-state index contributed by atoms with van der Waals surface area (Å²) in [6, 6.07) is 0.698. The molecule has 0 amide bonds. The Labute approximate surface area is 174 Å². The van der Waals surface area contributed by atoms with Crippen LogP contribution in [0.4, 0.5) is 0 Å². The molecular weight excluding hydrogens is 366 g/mol. The molecule has 4 nitrogen and oxygen atoms in total. The fraction of sp³-hybridized carbons (Fsp3) is 0.739. The van der Waals surface area contributed by atoms with Crippen LogP contribution in [-0.2, 0) is 12.8 Å². The lowest BCUT2D eigenvalue weighted by molar-refractivity contribution is 0.108. The molecule has 2 aliphatic rings. The summed E-state index contributed by atoms with van der Waals surface area (Å²) in [5.74, 6) is 1.66. The van der Waals surface area contributed by atoms with E-state index in [9.17, 15) is 0 Å². The normalized spacial score (nSPS) is 24.6. The van der Waals surface area contributed by atoms with E-state index in [2.05, 4.69) is 35.9 Å². The maximum Gasteiger partial charge on any atom is 0.225 e. The van der Waals surface area contributed by atoms with Crippen LogP contribution in [0.1, 0.15) is 76.2 Å². The maximum atomic E-state index is 6.45. The van der Waals surface area contributed by atoms with E-state index in [-0.39, 0.29) is 0 Å². The van der Waals surface area contributed by atoms with Crippen molar-refractivity contribution >= 4 is 21.6 Å². The molecule has 5 heteroatoms. The third-order valence-corrected chi connectivity index (χ3v) is 7.46. The highest BCUT2D eigenvalue weighted by Crippen LogP contribution is 2.42. The second-order valence-electron chi connectivity index (χ2n) is 8.27. The average Bonchev–Trinajstić information content (AvgIpc) is 3.09. The fourth-order valence-electron chi connectivity index (χ4n) is 4.73. The predicted molar refractivity (Wildman–Crippen MR) is 120 cm³/mol. The molecule has 156 valence electrons. The number of rotatable bonds is 5. The minimum absolute atomic E-state index is 0.301. The first kappa shape index (κ1) is 21.5. The molecule has 1 saturated carbocycles. The van der Waals surface area contributed by atoms with Gasteiger partial charge < -0.3 is 9.64 Å². The van der Waals surface area contributed by atoms with Crippen molar-refractivity contribution < 1.29 is 4.74 Å². The largest absolute Gasteiger partial charge is 0.474 e.